The SMILES string of the molecule is COCC1(c2cccc3ccc(-c4nnc5ccc([C@@H](N6CC[C@H](N)C6)C(F)(F)F)cn45)nc23)CC1.Cl.Cl. The Hall–Kier alpha value is -2.50. The number of aromatic nitrogens is 4. The van der Waals surface area contributed by atoms with Gasteiger partial charge in [-0.15, -0.1) is 35.0 Å². The second-order valence-corrected chi connectivity index (χ2v) is 9.99. The Bertz CT molecular complexity index is 1440. The molecule has 204 valence electrons. The normalized spacial score (nSPS) is 19.8. The number of nitrogens with two attached hydrogens (primary N) is 1. The van der Waals surface area contributed by atoms with Gasteiger partial charge in [0.05, 0.1) is 12.1 Å². The lowest BCUT2D eigenvalue weighted by atomic mass is 9.94. The second-order valence-electron chi connectivity index (χ2n) is 9.99. The maximum Gasteiger partial charge on any atom is 0.408 e. The fourth-order valence-corrected chi connectivity index (χ4v) is 5.52. The van der Waals surface area contributed by atoms with E-state index in [4.69, 9.17) is 15.5 Å². The van der Waals surface area contributed by atoms with E-state index in [1.807, 2.05) is 24.3 Å². The third-order valence-electron chi connectivity index (χ3n) is 7.47. The highest BCUT2D eigenvalue weighted by Crippen LogP contribution is 2.50. The van der Waals surface area contributed by atoms with Crippen LogP contribution in [-0.2, 0) is 10.2 Å². The van der Waals surface area contributed by atoms with E-state index in [1.165, 1.54) is 17.2 Å². The summed E-state index contributed by atoms with van der Waals surface area (Å²) in [4.78, 5) is 6.34. The van der Waals surface area contributed by atoms with Gasteiger partial charge in [0.1, 0.15) is 11.7 Å². The van der Waals surface area contributed by atoms with Gasteiger partial charge in [0.2, 0.25) is 0 Å². The fraction of sp³-hybridized carbons (Fsp3) is 0.423. The van der Waals surface area contributed by atoms with Crippen LogP contribution in [0.1, 0.15) is 36.4 Å². The molecule has 0 radical (unpaired) electrons. The highest BCUT2D eigenvalue weighted by molar-refractivity contribution is 5.86. The van der Waals surface area contributed by atoms with Gasteiger partial charge in [-0.3, -0.25) is 9.30 Å². The van der Waals surface area contributed by atoms with Crippen LogP contribution in [0.2, 0.25) is 0 Å². The van der Waals surface area contributed by atoms with E-state index in [0.717, 1.165) is 29.3 Å². The Labute approximate surface area is 230 Å². The predicted octanol–water partition coefficient (Wildman–Crippen LogP) is 5.10. The summed E-state index contributed by atoms with van der Waals surface area (Å²) in [6.45, 7) is 1.13. The average Bonchev–Trinajstić information content (AvgIpc) is 3.31. The molecule has 2 fully saturated rings. The molecule has 2 atom stereocenters. The smallest absolute Gasteiger partial charge is 0.384 e. The molecule has 2 N–H and O–H groups in total. The lowest BCUT2D eigenvalue weighted by Gasteiger charge is -2.30. The molecule has 0 spiro atoms. The minimum Gasteiger partial charge on any atom is -0.384 e. The van der Waals surface area contributed by atoms with Crippen molar-refractivity contribution in [2.45, 2.75) is 42.9 Å². The number of ether oxygens (including phenoxy) is 1. The van der Waals surface area contributed by atoms with Gasteiger partial charge in [0.15, 0.2) is 11.5 Å². The van der Waals surface area contributed by atoms with Crippen LogP contribution in [0.4, 0.5) is 13.2 Å². The highest BCUT2D eigenvalue weighted by Gasteiger charge is 2.47. The number of methoxy groups -OCH3 is 1. The fourth-order valence-electron chi connectivity index (χ4n) is 5.52. The quantitative estimate of drug-likeness (QED) is 0.348. The standard InChI is InChI=1S/C26H27F3N6O.2ClH/c1-36-15-25(10-11-25)19-4-2-3-16-5-7-20(31-22(16)19)24-33-32-21-8-6-17(13-35(21)24)23(26(27,28)29)34-12-9-18(30)14-34;;/h2-8,13,18,23H,9-12,14-15,30H2,1H3;2*1H/t18-,23+;;/m0../s1. The van der Waals surface area contributed by atoms with E-state index in [1.54, 1.807) is 17.6 Å². The van der Waals surface area contributed by atoms with Gasteiger partial charge >= 0.3 is 6.18 Å². The van der Waals surface area contributed by atoms with E-state index < -0.39 is 12.2 Å². The molecule has 0 unspecified atom stereocenters. The third kappa shape index (κ3) is 4.96. The molecule has 4 heterocycles. The van der Waals surface area contributed by atoms with Crippen molar-refractivity contribution in [2.24, 2.45) is 5.73 Å². The molecule has 0 bridgehead atoms. The van der Waals surface area contributed by atoms with Crippen molar-refractivity contribution < 1.29 is 17.9 Å². The summed E-state index contributed by atoms with van der Waals surface area (Å²) in [5, 5.41) is 9.49. The summed E-state index contributed by atoms with van der Waals surface area (Å²) in [6.07, 6.45) is -0.357. The van der Waals surface area contributed by atoms with Crippen LogP contribution >= 0.6 is 24.8 Å². The lowest BCUT2D eigenvalue weighted by molar-refractivity contribution is -0.183. The summed E-state index contributed by atoms with van der Waals surface area (Å²) in [5.74, 6) is 0.402. The maximum absolute atomic E-state index is 14.2. The monoisotopic (exact) mass is 568 g/mol. The van der Waals surface area contributed by atoms with E-state index >= 15 is 0 Å². The molecule has 1 saturated heterocycles. The Morgan fingerprint density at radius 3 is 2.55 bits per heavy atom. The third-order valence-corrected chi connectivity index (χ3v) is 7.47. The molecular weight excluding hydrogens is 540 g/mol. The summed E-state index contributed by atoms with van der Waals surface area (Å²) in [6, 6.07) is 11.0. The zero-order chi connectivity index (χ0) is 25.1. The highest BCUT2D eigenvalue weighted by atomic mass is 35.5. The van der Waals surface area contributed by atoms with Gasteiger partial charge in [-0.1, -0.05) is 30.3 Å². The Morgan fingerprint density at radius 1 is 1.11 bits per heavy atom. The van der Waals surface area contributed by atoms with E-state index in [2.05, 4.69) is 16.3 Å². The molecule has 12 heteroatoms. The zero-order valence-corrected chi connectivity index (χ0v) is 22.3. The number of likely N-dealkylation sites (tertiary alicyclic amines) is 1. The molecule has 1 saturated carbocycles. The molecule has 1 aliphatic carbocycles. The topological polar surface area (TPSA) is 81.6 Å². The van der Waals surface area contributed by atoms with E-state index in [9.17, 15) is 13.2 Å². The lowest BCUT2D eigenvalue weighted by Crippen LogP contribution is -2.38. The second kappa shape index (κ2) is 10.6. The summed E-state index contributed by atoms with van der Waals surface area (Å²) < 4.78 is 49.7. The van der Waals surface area contributed by atoms with Crippen molar-refractivity contribution in [3.63, 3.8) is 0 Å². The minimum atomic E-state index is -4.44. The first-order chi connectivity index (χ1) is 17.3. The number of nitrogens with zero attached hydrogens (tertiary/aromatic N) is 5. The predicted molar refractivity (Wildman–Crippen MR) is 144 cm³/mol. The number of hydrogen-bond acceptors (Lipinski definition) is 6. The molecule has 38 heavy (non-hydrogen) atoms. The number of benzene rings is 1. The van der Waals surface area contributed by atoms with Crippen LogP contribution in [-0.4, -0.2) is 63.5 Å². The van der Waals surface area contributed by atoms with Crippen molar-refractivity contribution in [2.75, 3.05) is 26.8 Å². The van der Waals surface area contributed by atoms with Gasteiger partial charge in [-0.2, -0.15) is 13.2 Å². The number of para-hydroxylation sites is 1. The molecule has 1 aromatic carbocycles. The van der Waals surface area contributed by atoms with Gasteiger partial charge < -0.3 is 10.5 Å². The molecule has 2 aliphatic rings. The van der Waals surface area contributed by atoms with Crippen LogP contribution in [0.25, 0.3) is 28.1 Å². The van der Waals surface area contributed by atoms with Crippen LogP contribution in [0.15, 0.2) is 48.7 Å². The van der Waals surface area contributed by atoms with Crippen LogP contribution in [0.3, 0.4) is 0 Å². The Balaban J connectivity index is 0.00000168. The minimum absolute atomic E-state index is 0. The van der Waals surface area contributed by atoms with Gasteiger partial charge in [0.25, 0.3) is 0 Å². The Morgan fingerprint density at radius 2 is 1.89 bits per heavy atom. The van der Waals surface area contributed by atoms with Gasteiger partial charge in [-0.05, 0) is 42.5 Å². The van der Waals surface area contributed by atoms with Crippen molar-refractivity contribution in [3.8, 4) is 11.5 Å². The molecule has 7 nitrogen and oxygen atoms in total. The van der Waals surface area contributed by atoms with Crippen LogP contribution in [0.5, 0.6) is 0 Å². The summed E-state index contributed by atoms with van der Waals surface area (Å²) >= 11 is 0. The maximum atomic E-state index is 14.2. The number of alkyl halides is 3. The van der Waals surface area contributed by atoms with E-state index in [-0.39, 0.29) is 48.4 Å². The van der Waals surface area contributed by atoms with Crippen molar-refractivity contribution in [1.29, 1.82) is 0 Å². The molecule has 4 aromatic rings. The molecular formula is C26H29Cl2F3N6O. The number of halogens is 5. The zero-order valence-electron chi connectivity index (χ0n) is 20.7. The first-order valence-electron chi connectivity index (χ1n) is 12.1. The molecule has 0 amide bonds. The van der Waals surface area contributed by atoms with Crippen molar-refractivity contribution in [3.05, 3.63) is 59.8 Å². The summed E-state index contributed by atoms with van der Waals surface area (Å²) in [5.41, 5.74) is 9.00. The van der Waals surface area contributed by atoms with Crippen LogP contribution < -0.4 is 5.73 Å². The summed E-state index contributed by atoms with van der Waals surface area (Å²) in [7, 11) is 1.70. The Kier molecular flexibility index (Phi) is 7.94. The van der Waals surface area contributed by atoms with Crippen LogP contribution in [0, 0.1) is 0 Å². The molecule has 6 rings (SSSR count). The van der Waals surface area contributed by atoms with Crippen molar-refractivity contribution in [1.82, 2.24) is 24.5 Å². The largest absolute Gasteiger partial charge is 0.408 e. The first-order valence-corrected chi connectivity index (χ1v) is 12.1. The molecule has 1 aliphatic heterocycles. The number of pyridine rings is 2. The van der Waals surface area contributed by atoms with E-state index in [0.29, 0.717) is 36.7 Å². The van der Waals surface area contributed by atoms with Gasteiger partial charge in [0, 0.05) is 43.2 Å². The number of rotatable bonds is 6. The number of hydrogen-bond donors (Lipinski definition) is 1. The average molecular weight is 569 g/mol. The molecule has 3 aromatic heterocycles. The first kappa shape index (κ1) is 28.5. The number of fused-ring (bicyclic) bond motifs is 2. The van der Waals surface area contributed by atoms with Gasteiger partial charge in [-0.25, -0.2) is 4.98 Å². The van der Waals surface area contributed by atoms with Crippen molar-refractivity contribution >= 4 is 41.4 Å².